The summed E-state index contributed by atoms with van der Waals surface area (Å²) in [5.41, 5.74) is 6.05. The van der Waals surface area contributed by atoms with Crippen molar-refractivity contribution >= 4 is 40.7 Å². The maximum absolute atomic E-state index is 12.0. The van der Waals surface area contributed by atoms with Crippen molar-refractivity contribution < 1.29 is 29.6 Å². The number of halogens is 3. The number of rotatable bonds is 11. The van der Waals surface area contributed by atoms with Crippen molar-refractivity contribution in [2.75, 3.05) is 20.1 Å². The maximum atomic E-state index is 12.0. The smallest absolute Gasteiger partial charge is 0.272 e. The fourth-order valence-corrected chi connectivity index (χ4v) is 6.02. The lowest BCUT2D eigenvalue weighted by atomic mass is 9.90. The number of benzene rings is 4. The number of nitrogens with one attached hydrogen (secondary N) is 1. The number of likely N-dealkylation sites (N-methyl/N-ethyl adjacent to an activating group) is 1. The highest BCUT2D eigenvalue weighted by Crippen LogP contribution is 2.42. The number of hydrogen-bond acceptors (Lipinski definition) is 7. The van der Waals surface area contributed by atoms with Gasteiger partial charge in [-0.2, -0.15) is 0 Å². The average Bonchev–Trinajstić information content (AvgIpc) is 3.08. The summed E-state index contributed by atoms with van der Waals surface area (Å²) in [4.78, 5) is 14.0. The summed E-state index contributed by atoms with van der Waals surface area (Å²) in [7, 11) is 1.93. The first-order valence-corrected chi connectivity index (χ1v) is 16.7. The first kappa shape index (κ1) is 36.1. The van der Waals surface area contributed by atoms with Crippen LogP contribution in [0.4, 0.5) is 0 Å². The van der Waals surface area contributed by atoms with Crippen LogP contribution in [0, 0.1) is 5.92 Å². The topological polar surface area (TPSA) is 111 Å². The Morgan fingerprint density at radius 3 is 2.25 bits per heavy atom. The quantitative estimate of drug-likeness (QED) is 0.124. The predicted molar refractivity (Wildman–Crippen MR) is 188 cm³/mol. The summed E-state index contributed by atoms with van der Waals surface area (Å²) in [5.74, 6) is -0.618. The highest BCUT2D eigenvalue weighted by molar-refractivity contribution is 6.76. The van der Waals surface area contributed by atoms with E-state index in [-0.39, 0.29) is 37.0 Å². The minimum atomic E-state index is -2.03. The zero-order valence-corrected chi connectivity index (χ0v) is 28.9. The Labute approximate surface area is 295 Å². The fraction of sp³-hybridized carbons (Fsp3) is 0.324. The summed E-state index contributed by atoms with van der Waals surface area (Å²) in [6.07, 6.45) is -1.97. The van der Waals surface area contributed by atoms with E-state index in [2.05, 4.69) is 12.2 Å². The van der Waals surface area contributed by atoms with E-state index in [9.17, 15) is 20.1 Å². The number of aromatic hydroxyl groups is 1. The number of nitrogens with zero attached hydrogens (tertiary/aromatic N) is 1. The van der Waals surface area contributed by atoms with E-state index in [1.807, 2.05) is 84.7 Å². The maximum Gasteiger partial charge on any atom is 0.272 e. The molecule has 1 fully saturated rings. The normalized spacial score (nSPS) is 20.4. The van der Waals surface area contributed by atoms with Crippen molar-refractivity contribution in [3.8, 4) is 16.9 Å². The lowest BCUT2D eigenvalue weighted by molar-refractivity contribution is -0.276. The molecule has 4 aromatic carbocycles. The Morgan fingerprint density at radius 2 is 1.58 bits per heavy atom. The van der Waals surface area contributed by atoms with Crippen molar-refractivity contribution in [2.45, 2.75) is 48.5 Å². The fourth-order valence-electron chi connectivity index (χ4n) is 5.82. The molecule has 0 spiro atoms. The first-order valence-electron chi connectivity index (χ1n) is 15.6. The average molecular weight is 714 g/mol. The van der Waals surface area contributed by atoms with Crippen LogP contribution in [0.1, 0.15) is 53.2 Å². The second-order valence-electron chi connectivity index (χ2n) is 12.2. The number of amides is 1. The van der Waals surface area contributed by atoms with Gasteiger partial charge in [0.05, 0.1) is 24.9 Å². The van der Waals surface area contributed by atoms with Crippen LogP contribution in [0.2, 0.25) is 0 Å². The van der Waals surface area contributed by atoms with E-state index in [1.165, 1.54) is 0 Å². The standard InChI is InChI=1S/C37H39Cl3N2O6/c1-23-33(21-42(2)20-32(45)30-7-4-8-31(44)18-30)47-35(48-34(23)27-11-9-24(22-43)10-12-27)28-15-13-26(14-16-28)29-6-3-5-25(17-29)19-41-36(46)37(38,39)40/h3-18,23,32-35,43-45H,19-22H2,1-2H3,(H,41,46)/t23-,32-,33+,34+,35+/m1/s1. The molecule has 1 aliphatic rings. The first-order chi connectivity index (χ1) is 22.9. The largest absolute Gasteiger partial charge is 0.508 e. The number of carbonyl (C=O) groups is 1. The molecular weight excluding hydrogens is 675 g/mol. The molecule has 1 aliphatic heterocycles. The molecule has 0 radical (unpaired) electrons. The number of phenolic OH excluding ortho intramolecular Hbond substituents is 1. The van der Waals surface area contributed by atoms with Crippen molar-refractivity contribution in [2.24, 2.45) is 5.92 Å². The van der Waals surface area contributed by atoms with Crippen molar-refractivity contribution in [3.63, 3.8) is 0 Å². The molecule has 1 amide bonds. The number of alkyl halides is 3. The molecular formula is C37H39Cl3N2O6. The molecule has 0 saturated carbocycles. The Bertz CT molecular complexity index is 1670. The summed E-state index contributed by atoms with van der Waals surface area (Å²) < 4.78 is 11.2. The molecule has 11 heteroatoms. The van der Waals surface area contributed by atoms with Crippen LogP contribution in [0.3, 0.4) is 0 Å². The molecule has 5 atom stereocenters. The molecule has 4 aromatic rings. The van der Waals surface area contributed by atoms with Gasteiger partial charge >= 0.3 is 0 Å². The van der Waals surface area contributed by atoms with E-state index in [0.29, 0.717) is 18.7 Å². The van der Waals surface area contributed by atoms with E-state index < -0.39 is 22.1 Å². The minimum absolute atomic E-state index is 0.0364. The summed E-state index contributed by atoms with van der Waals surface area (Å²) in [5, 5.41) is 32.9. The predicted octanol–water partition coefficient (Wildman–Crippen LogP) is 6.99. The van der Waals surface area contributed by atoms with Crippen LogP contribution in [-0.4, -0.2) is 56.2 Å². The van der Waals surface area contributed by atoms with Gasteiger partial charge in [0.25, 0.3) is 9.70 Å². The SMILES string of the molecule is C[C@@H]1[C@H](CN(C)C[C@@H](O)c2cccc(O)c2)O[C@H](c2ccc(-c3cccc(CNC(=O)C(Cl)(Cl)Cl)c3)cc2)O[C@@H]1c1ccc(CO)cc1. The Balaban J connectivity index is 1.33. The highest BCUT2D eigenvalue weighted by Gasteiger charge is 2.39. The van der Waals surface area contributed by atoms with Gasteiger partial charge in [-0.15, -0.1) is 0 Å². The molecule has 0 aromatic heterocycles. The number of hydrogen-bond donors (Lipinski definition) is 4. The second kappa shape index (κ2) is 16.0. The van der Waals surface area contributed by atoms with Crippen LogP contribution < -0.4 is 5.32 Å². The van der Waals surface area contributed by atoms with Crippen LogP contribution >= 0.6 is 34.8 Å². The molecule has 1 heterocycles. The van der Waals surface area contributed by atoms with Crippen LogP contribution in [0.25, 0.3) is 11.1 Å². The zero-order valence-electron chi connectivity index (χ0n) is 26.6. The second-order valence-corrected chi connectivity index (χ2v) is 14.4. The highest BCUT2D eigenvalue weighted by atomic mass is 35.6. The molecule has 0 aliphatic carbocycles. The Kier molecular flexibility index (Phi) is 12.1. The van der Waals surface area contributed by atoms with Gasteiger partial charge in [-0.25, -0.2) is 0 Å². The molecule has 0 unspecified atom stereocenters. The van der Waals surface area contributed by atoms with Crippen LogP contribution in [-0.2, 0) is 27.4 Å². The number of aliphatic hydroxyl groups excluding tert-OH is 2. The van der Waals surface area contributed by atoms with Crippen LogP contribution in [0.5, 0.6) is 5.75 Å². The van der Waals surface area contributed by atoms with Gasteiger partial charge in [-0.3, -0.25) is 4.79 Å². The van der Waals surface area contributed by atoms with Gasteiger partial charge in [0.2, 0.25) is 0 Å². The molecule has 1 saturated heterocycles. The number of phenols is 1. The van der Waals surface area contributed by atoms with Gasteiger partial charge in [-0.1, -0.05) is 121 Å². The third-order valence-electron chi connectivity index (χ3n) is 8.51. The monoisotopic (exact) mass is 712 g/mol. The molecule has 4 N–H and O–H groups in total. The van der Waals surface area contributed by atoms with Gasteiger partial charge < -0.3 is 35.0 Å². The van der Waals surface area contributed by atoms with Gasteiger partial charge in [0, 0.05) is 31.1 Å². The molecule has 8 nitrogen and oxygen atoms in total. The summed E-state index contributed by atoms with van der Waals surface area (Å²) >= 11 is 17.0. The summed E-state index contributed by atoms with van der Waals surface area (Å²) in [6.45, 7) is 3.14. The number of aliphatic hydroxyl groups is 2. The summed E-state index contributed by atoms with van der Waals surface area (Å²) in [6, 6.07) is 30.1. The van der Waals surface area contributed by atoms with Crippen LogP contribution in [0.15, 0.2) is 97.1 Å². The number of carbonyl (C=O) groups excluding carboxylic acids is 1. The van der Waals surface area contributed by atoms with Crippen molar-refractivity contribution in [1.82, 2.24) is 10.2 Å². The van der Waals surface area contributed by atoms with Gasteiger partial charge in [0.1, 0.15) is 5.75 Å². The van der Waals surface area contributed by atoms with E-state index in [4.69, 9.17) is 44.3 Å². The third-order valence-corrected chi connectivity index (χ3v) is 9.02. The molecule has 5 rings (SSSR count). The Morgan fingerprint density at radius 1 is 0.896 bits per heavy atom. The van der Waals surface area contributed by atoms with E-state index >= 15 is 0 Å². The molecule has 48 heavy (non-hydrogen) atoms. The lowest BCUT2D eigenvalue weighted by Gasteiger charge is -2.42. The lowest BCUT2D eigenvalue weighted by Crippen LogP contribution is -2.44. The third kappa shape index (κ3) is 9.28. The number of ether oxygens (including phenoxy) is 2. The molecule has 0 bridgehead atoms. The van der Waals surface area contributed by atoms with Crippen molar-refractivity contribution in [1.29, 1.82) is 0 Å². The zero-order chi connectivity index (χ0) is 34.4. The van der Waals surface area contributed by atoms with Gasteiger partial charge in [0.15, 0.2) is 6.29 Å². The van der Waals surface area contributed by atoms with Gasteiger partial charge in [-0.05, 0) is 58.6 Å². The Hall–Kier alpha value is -3.18. The minimum Gasteiger partial charge on any atom is -0.508 e. The van der Waals surface area contributed by atoms with Crippen molar-refractivity contribution in [3.05, 3.63) is 125 Å². The molecule has 254 valence electrons. The van der Waals surface area contributed by atoms with E-state index in [1.54, 1.807) is 24.3 Å². The van der Waals surface area contributed by atoms with E-state index in [0.717, 1.165) is 33.4 Å².